The van der Waals surface area contributed by atoms with Crippen LogP contribution in [0.2, 0.25) is 0 Å². The number of aryl methyl sites for hydroxylation is 1. The van der Waals surface area contributed by atoms with Gasteiger partial charge in [-0.25, -0.2) is 0 Å². The minimum atomic E-state index is -0.448. The molecule has 1 amide bonds. The number of carbonyl (C=O) groups excluding carboxylic acids is 1. The number of likely N-dealkylation sites (N-methyl/N-ethyl adjacent to an activating group) is 1. The Hall–Kier alpha value is -2.29. The molecule has 116 valence electrons. The zero-order valence-electron chi connectivity index (χ0n) is 13.5. The molecule has 0 aromatic heterocycles. The highest BCUT2D eigenvalue weighted by atomic mass is 16.5. The Morgan fingerprint density at radius 2 is 1.73 bits per heavy atom. The lowest BCUT2D eigenvalue weighted by Gasteiger charge is -2.24. The van der Waals surface area contributed by atoms with Crippen LogP contribution in [-0.4, -0.2) is 24.0 Å². The minimum Gasteiger partial charge on any atom is -0.481 e. The number of benzene rings is 2. The van der Waals surface area contributed by atoms with Gasteiger partial charge in [0.05, 0.1) is 0 Å². The largest absolute Gasteiger partial charge is 0.481 e. The molecule has 0 saturated heterocycles. The SMILES string of the molecule is CC[C@@H](Oc1ccc(C)cc1)C(=O)N(C)Cc1ccccc1. The van der Waals surface area contributed by atoms with Crippen LogP contribution in [0.1, 0.15) is 24.5 Å². The Bertz CT molecular complexity index is 593. The van der Waals surface area contributed by atoms with Gasteiger partial charge in [0, 0.05) is 13.6 Å². The van der Waals surface area contributed by atoms with Crippen LogP contribution in [0, 0.1) is 6.92 Å². The van der Waals surface area contributed by atoms with E-state index in [9.17, 15) is 4.79 Å². The molecule has 3 heteroatoms. The maximum atomic E-state index is 12.6. The van der Waals surface area contributed by atoms with Gasteiger partial charge < -0.3 is 9.64 Å². The lowest BCUT2D eigenvalue weighted by molar-refractivity contribution is -0.138. The normalized spacial score (nSPS) is 11.8. The summed E-state index contributed by atoms with van der Waals surface area (Å²) < 4.78 is 5.85. The predicted octanol–water partition coefficient (Wildman–Crippen LogP) is 3.81. The highest BCUT2D eigenvalue weighted by Crippen LogP contribution is 2.16. The van der Waals surface area contributed by atoms with Crippen LogP contribution in [0.5, 0.6) is 5.75 Å². The topological polar surface area (TPSA) is 29.5 Å². The molecule has 3 nitrogen and oxygen atoms in total. The molecular formula is C19H23NO2. The van der Waals surface area contributed by atoms with Gasteiger partial charge in [0.25, 0.3) is 5.91 Å². The molecule has 1 atom stereocenters. The molecule has 0 saturated carbocycles. The fourth-order valence-corrected chi connectivity index (χ4v) is 2.27. The Morgan fingerprint density at radius 3 is 2.32 bits per heavy atom. The molecule has 0 fully saturated rings. The molecule has 0 aliphatic heterocycles. The average Bonchev–Trinajstić information content (AvgIpc) is 2.54. The van der Waals surface area contributed by atoms with E-state index in [1.807, 2.05) is 75.5 Å². The smallest absolute Gasteiger partial charge is 0.263 e. The van der Waals surface area contributed by atoms with E-state index >= 15 is 0 Å². The second kappa shape index (κ2) is 7.64. The summed E-state index contributed by atoms with van der Waals surface area (Å²) in [6.07, 6.45) is 0.197. The zero-order valence-corrected chi connectivity index (χ0v) is 13.5. The minimum absolute atomic E-state index is 0.00641. The average molecular weight is 297 g/mol. The fourth-order valence-electron chi connectivity index (χ4n) is 2.27. The fraction of sp³-hybridized carbons (Fsp3) is 0.316. The van der Waals surface area contributed by atoms with Gasteiger partial charge in [-0.15, -0.1) is 0 Å². The van der Waals surface area contributed by atoms with Gasteiger partial charge in [0.15, 0.2) is 6.10 Å². The number of rotatable bonds is 6. The second-order valence-corrected chi connectivity index (χ2v) is 5.51. The summed E-state index contributed by atoms with van der Waals surface area (Å²) in [5, 5.41) is 0. The molecule has 2 rings (SSSR count). The first-order chi connectivity index (χ1) is 10.6. The maximum absolute atomic E-state index is 12.6. The predicted molar refractivity (Wildman–Crippen MR) is 88.8 cm³/mol. The van der Waals surface area contributed by atoms with Crippen molar-refractivity contribution in [1.82, 2.24) is 4.90 Å². The zero-order chi connectivity index (χ0) is 15.9. The number of nitrogens with zero attached hydrogens (tertiary/aromatic N) is 1. The molecule has 2 aromatic carbocycles. The van der Waals surface area contributed by atoms with E-state index in [1.54, 1.807) is 4.90 Å². The Labute approximate surface area is 132 Å². The van der Waals surface area contributed by atoms with Gasteiger partial charge in [0.1, 0.15) is 5.75 Å². The first kappa shape index (κ1) is 16.1. The van der Waals surface area contributed by atoms with Crippen LogP contribution in [0.3, 0.4) is 0 Å². The molecule has 0 N–H and O–H groups in total. The second-order valence-electron chi connectivity index (χ2n) is 5.51. The molecule has 0 radical (unpaired) electrons. The molecule has 0 unspecified atom stereocenters. The van der Waals surface area contributed by atoms with Crippen molar-refractivity contribution in [2.45, 2.75) is 32.9 Å². The highest BCUT2D eigenvalue weighted by molar-refractivity contribution is 5.81. The van der Waals surface area contributed by atoms with Crippen molar-refractivity contribution in [3.63, 3.8) is 0 Å². The molecule has 0 aliphatic carbocycles. The van der Waals surface area contributed by atoms with E-state index in [-0.39, 0.29) is 5.91 Å². The van der Waals surface area contributed by atoms with Crippen molar-refractivity contribution in [1.29, 1.82) is 0 Å². The van der Waals surface area contributed by atoms with Crippen molar-refractivity contribution < 1.29 is 9.53 Å². The number of amides is 1. The van der Waals surface area contributed by atoms with Crippen molar-refractivity contribution >= 4 is 5.91 Å². The van der Waals surface area contributed by atoms with E-state index in [1.165, 1.54) is 5.56 Å². The number of hydrogen-bond acceptors (Lipinski definition) is 2. The van der Waals surface area contributed by atoms with Crippen molar-refractivity contribution in [2.75, 3.05) is 7.05 Å². The monoisotopic (exact) mass is 297 g/mol. The van der Waals surface area contributed by atoms with Crippen molar-refractivity contribution in [2.24, 2.45) is 0 Å². The summed E-state index contributed by atoms with van der Waals surface area (Å²) in [6, 6.07) is 17.8. The quantitative estimate of drug-likeness (QED) is 0.811. The number of ether oxygens (including phenoxy) is 1. The first-order valence-electron chi connectivity index (χ1n) is 7.62. The Kier molecular flexibility index (Phi) is 5.59. The van der Waals surface area contributed by atoms with Crippen LogP contribution in [-0.2, 0) is 11.3 Å². The summed E-state index contributed by atoms with van der Waals surface area (Å²) in [7, 11) is 1.82. The van der Waals surface area contributed by atoms with Gasteiger partial charge >= 0.3 is 0 Å². The van der Waals surface area contributed by atoms with Crippen LogP contribution in [0.25, 0.3) is 0 Å². The van der Waals surface area contributed by atoms with Gasteiger partial charge in [-0.2, -0.15) is 0 Å². The molecule has 0 aliphatic rings. The third-order valence-electron chi connectivity index (χ3n) is 3.58. The summed E-state index contributed by atoms with van der Waals surface area (Å²) in [4.78, 5) is 14.3. The molecule has 22 heavy (non-hydrogen) atoms. The van der Waals surface area contributed by atoms with E-state index in [4.69, 9.17) is 4.74 Å². The molecule has 0 heterocycles. The van der Waals surface area contributed by atoms with Crippen molar-refractivity contribution in [3.05, 3.63) is 65.7 Å². The summed E-state index contributed by atoms with van der Waals surface area (Å²) in [5.74, 6) is 0.742. The van der Waals surface area contributed by atoms with Gasteiger partial charge in [-0.05, 0) is 31.0 Å². The van der Waals surface area contributed by atoms with E-state index in [2.05, 4.69) is 0 Å². The van der Waals surface area contributed by atoms with E-state index < -0.39 is 6.10 Å². The Morgan fingerprint density at radius 1 is 1.09 bits per heavy atom. The Balaban J connectivity index is 2.00. The van der Waals surface area contributed by atoms with Crippen LogP contribution in [0.4, 0.5) is 0 Å². The van der Waals surface area contributed by atoms with Crippen LogP contribution >= 0.6 is 0 Å². The molecular weight excluding hydrogens is 274 g/mol. The third kappa shape index (κ3) is 4.35. The van der Waals surface area contributed by atoms with Gasteiger partial charge in [-0.1, -0.05) is 55.0 Å². The van der Waals surface area contributed by atoms with Crippen molar-refractivity contribution in [3.8, 4) is 5.75 Å². The number of hydrogen-bond donors (Lipinski definition) is 0. The summed E-state index contributed by atoms with van der Waals surface area (Å²) in [5.41, 5.74) is 2.29. The van der Waals surface area contributed by atoms with E-state index in [0.29, 0.717) is 13.0 Å². The third-order valence-corrected chi connectivity index (χ3v) is 3.58. The van der Waals surface area contributed by atoms with Gasteiger partial charge in [0.2, 0.25) is 0 Å². The van der Waals surface area contributed by atoms with Crippen LogP contribution < -0.4 is 4.74 Å². The van der Waals surface area contributed by atoms with Gasteiger partial charge in [-0.3, -0.25) is 4.79 Å². The van der Waals surface area contributed by atoms with E-state index in [0.717, 1.165) is 11.3 Å². The number of carbonyl (C=O) groups is 1. The summed E-state index contributed by atoms with van der Waals surface area (Å²) in [6.45, 7) is 4.58. The summed E-state index contributed by atoms with van der Waals surface area (Å²) >= 11 is 0. The molecule has 2 aromatic rings. The standard InChI is InChI=1S/C19H23NO2/c1-4-18(22-17-12-10-15(2)11-13-17)19(21)20(3)14-16-8-6-5-7-9-16/h5-13,18H,4,14H2,1-3H3/t18-/m1/s1. The highest BCUT2D eigenvalue weighted by Gasteiger charge is 2.22. The molecule has 0 bridgehead atoms. The maximum Gasteiger partial charge on any atom is 0.263 e. The lowest BCUT2D eigenvalue weighted by Crippen LogP contribution is -2.39. The lowest BCUT2D eigenvalue weighted by atomic mass is 10.2. The van der Waals surface area contributed by atoms with Crippen LogP contribution in [0.15, 0.2) is 54.6 Å². The molecule has 0 spiro atoms. The first-order valence-corrected chi connectivity index (χ1v) is 7.62.